The Morgan fingerprint density at radius 2 is 1.78 bits per heavy atom. The summed E-state index contributed by atoms with van der Waals surface area (Å²) in [5, 5.41) is 3.80. The van der Waals surface area contributed by atoms with Gasteiger partial charge in [0.1, 0.15) is 17.1 Å². The van der Waals surface area contributed by atoms with Crippen molar-refractivity contribution in [2.24, 2.45) is 4.99 Å². The van der Waals surface area contributed by atoms with Gasteiger partial charge in [0, 0.05) is 42.7 Å². The standard InChI is InChI=1S/C31H36F3N5O5S/c1-20-16-24(39-23(19-37(3)4)8-9-27(39)40)17-21(2)26(20)10-15-45(42,43)38-13-11-30(12-14-38)29(41)35-28(36-30)22-6-5-7-25(18-22)44-31(32,33)34/h5-7,10,15-18,23H,8-9,11-14,19H2,1-4H3,(H,35,36,41). The fourth-order valence-electron chi connectivity index (χ4n) is 6.23. The van der Waals surface area contributed by atoms with E-state index in [1.807, 2.05) is 45.0 Å². The summed E-state index contributed by atoms with van der Waals surface area (Å²) in [6.45, 7) is 4.59. The van der Waals surface area contributed by atoms with Crippen molar-refractivity contribution in [2.45, 2.75) is 57.5 Å². The van der Waals surface area contributed by atoms with Crippen LogP contribution in [0.3, 0.4) is 0 Å². The second-order valence-electron chi connectivity index (χ2n) is 12.0. The highest BCUT2D eigenvalue weighted by Crippen LogP contribution is 2.34. The molecule has 0 radical (unpaired) electrons. The molecule has 10 nitrogen and oxygen atoms in total. The molecule has 1 atom stereocenters. The molecule has 2 fully saturated rings. The fraction of sp³-hybridized carbons (Fsp3) is 0.452. The number of anilines is 1. The molecule has 3 heterocycles. The lowest BCUT2D eigenvalue weighted by Gasteiger charge is -2.34. The van der Waals surface area contributed by atoms with Crippen LogP contribution in [-0.2, 0) is 19.6 Å². The van der Waals surface area contributed by atoms with Gasteiger partial charge in [0.2, 0.25) is 15.9 Å². The smallest absolute Gasteiger partial charge is 0.406 e. The van der Waals surface area contributed by atoms with Crippen LogP contribution in [0.2, 0.25) is 0 Å². The number of nitrogens with one attached hydrogen (secondary N) is 1. The summed E-state index contributed by atoms with van der Waals surface area (Å²) in [6, 6.07) is 9.05. The Morgan fingerprint density at radius 3 is 2.40 bits per heavy atom. The molecule has 0 aliphatic carbocycles. The molecule has 2 aromatic rings. The first-order chi connectivity index (χ1) is 21.1. The van der Waals surface area contributed by atoms with Crippen LogP contribution in [0.1, 0.15) is 47.9 Å². The molecule has 45 heavy (non-hydrogen) atoms. The van der Waals surface area contributed by atoms with Gasteiger partial charge in [-0.1, -0.05) is 12.1 Å². The maximum Gasteiger partial charge on any atom is 0.573 e. The lowest BCUT2D eigenvalue weighted by Crippen LogP contribution is -2.50. The highest BCUT2D eigenvalue weighted by atomic mass is 32.2. The number of carbonyl (C=O) groups excluding carboxylic acids is 2. The normalized spacial score (nSPS) is 20.8. The van der Waals surface area contributed by atoms with Crippen molar-refractivity contribution in [3.05, 3.63) is 64.1 Å². The maximum absolute atomic E-state index is 13.3. The number of benzene rings is 2. The van der Waals surface area contributed by atoms with E-state index in [-0.39, 0.29) is 49.3 Å². The van der Waals surface area contributed by atoms with Crippen LogP contribution in [-0.4, -0.2) is 86.9 Å². The van der Waals surface area contributed by atoms with Gasteiger partial charge in [-0.25, -0.2) is 8.42 Å². The van der Waals surface area contributed by atoms with Crippen LogP contribution in [0.4, 0.5) is 18.9 Å². The Labute approximate surface area is 260 Å². The second kappa shape index (κ2) is 12.2. The largest absolute Gasteiger partial charge is 0.573 e. The van der Waals surface area contributed by atoms with E-state index < -0.39 is 33.6 Å². The number of amides is 2. The number of piperidine rings is 1. The van der Waals surface area contributed by atoms with Crippen molar-refractivity contribution in [1.29, 1.82) is 0 Å². The van der Waals surface area contributed by atoms with E-state index in [0.29, 0.717) is 6.42 Å². The monoisotopic (exact) mass is 647 g/mol. The molecule has 2 aromatic carbocycles. The zero-order chi connectivity index (χ0) is 32.7. The first-order valence-electron chi connectivity index (χ1n) is 14.6. The van der Waals surface area contributed by atoms with E-state index in [4.69, 9.17) is 0 Å². The number of hydrogen-bond donors (Lipinski definition) is 1. The van der Waals surface area contributed by atoms with E-state index in [1.54, 1.807) is 6.08 Å². The van der Waals surface area contributed by atoms with E-state index >= 15 is 0 Å². The molecular weight excluding hydrogens is 611 g/mol. The Bertz CT molecular complexity index is 1640. The van der Waals surface area contributed by atoms with Crippen LogP contribution < -0.4 is 15.0 Å². The van der Waals surface area contributed by atoms with Crippen molar-refractivity contribution in [3.63, 3.8) is 0 Å². The predicted molar refractivity (Wildman–Crippen MR) is 164 cm³/mol. The van der Waals surface area contributed by atoms with Crippen LogP contribution in [0.25, 0.3) is 6.08 Å². The van der Waals surface area contributed by atoms with E-state index in [2.05, 4.69) is 19.9 Å². The highest BCUT2D eigenvalue weighted by Gasteiger charge is 2.47. The third-order valence-corrected chi connectivity index (χ3v) is 9.96. The van der Waals surface area contributed by atoms with Gasteiger partial charge < -0.3 is 19.9 Å². The third kappa shape index (κ3) is 7.07. The maximum atomic E-state index is 13.3. The number of sulfonamides is 1. The average molecular weight is 648 g/mol. The Hall–Kier alpha value is -3.75. The molecule has 2 saturated heterocycles. The molecule has 5 rings (SSSR count). The molecule has 14 heteroatoms. The molecule has 0 aromatic heterocycles. The fourth-order valence-corrected chi connectivity index (χ4v) is 7.40. The molecule has 1 unspecified atom stereocenters. The van der Waals surface area contributed by atoms with Gasteiger partial charge in [-0.3, -0.25) is 14.6 Å². The third-order valence-electron chi connectivity index (χ3n) is 8.40. The van der Waals surface area contributed by atoms with E-state index in [9.17, 15) is 31.2 Å². The minimum Gasteiger partial charge on any atom is -0.406 e. The van der Waals surface area contributed by atoms with Crippen molar-refractivity contribution in [2.75, 3.05) is 38.6 Å². The average Bonchev–Trinajstić information content (AvgIpc) is 3.45. The first kappa shape index (κ1) is 32.6. The molecule has 2 amide bonds. The quantitative estimate of drug-likeness (QED) is 0.465. The molecule has 3 aliphatic rings. The summed E-state index contributed by atoms with van der Waals surface area (Å²) in [5.41, 5.74) is 2.26. The number of ether oxygens (including phenoxy) is 1. The zero-order valence-corrected chi connectivity index (χ0v) is 26.3. The lowest BCUT2D eigenvalue weighted by atomic mass is 9.89. The number of carbonyl (C=O) groups is 2. The van der Waals surface area contributed by atoms with Crippen LogP contribution in [0.15, 0.2) is 46.8 Å². The summed E-state index contributed by atoms with van der Waals surface area (Å²) >= 11 is 0. The Morgan fingerprint density at radius 1 is 1.11 bits per heavy atom. The molecule has 242 valence electrons. The molecule has 0 saturated carbocycles. The molecule has 1 spiro atoms. The summed E-state index contributed by atoms with van der Waals surface area (Å²) in [4.78, 5) is 34.1. The number of aliphatic imine (C=N–C) groups is 1. The van der Waals surface area contributed by atoms with Crippen LogP contribution in [0, 0.1) is 13.8 Å². The summed E-state index contributed by atoms with van der Waals surface area (Å²) in [6.07, 6.45) is -1.81. The van der Waals surface area contributed by atoms with Crippen molar-refractivity contribution >= 4 is 39.4 Å². The minimum atomic E-state index is -4.86. The minimum absolute atomic E-state index is 0.0370. The molecule has 0 bridgehead atoms. The predicted octanol–water partition coefficient (Wildman–Crippen LogP) is 3.97. The molecule has 3 aliphatic heterocycles. The first-order valence-corrected chi connectivity index (χ1v) is 16.1. The topological polar surface area (TPSA) is 112 Å². The van der Waals surface area contributed by atoms with Crippen molar-refractivity contribution in [1.82, 2.24) is 14.5 Å². The summed E-state index contributed by atoms with van der Waals surface area (Å²) in [5.74, 6) is -0.681. The number of nitrogens with zero attached hydrogens (tertiary/aromatic N) is 4. The van der Waals surface area contributed by atoms with Gasteiger partial charge in [0.25, 0.3) is 5.91 Å². The van der Waals surface area contributed by atoms with Gasteiger partial charge in [0.15, 0.2) is 0 Å². The van der Waals surface area contributed by atoms with Gasteiger partial charge in [-0.05, 0) is 94.2 Å². The number of aryl methyl sites for hydroxylation is 2. The van der Waals surface area contributed by atoms with Crippen molar-refractivity contribution < 1.29 is 35.9 Å². The number of halogens is 3. The number of amidine groups is 1. The van der Waals surface area contributed by atoms with Crippen LogP contribution in [0.5, 0.6) is 5.75 Å². The zero-order valence-electron chi connectivity index (χ0n) is 25.5. The van der Waals surface area contributed by atoms with E-state index in [1.165, 1.54) is 16.4 Å². The highest BCUT2D eigenvalue weighted by molar-refractivity contribution is 7.92. The van der Waals surface area contributed by atoms with E-state index in [0.717, 1.165) is 52.9 Å². The van der Waals surface area contributed by atoms with Gasteiger partial charge in [0.05, 0.1) is 6.04 Å². The summed E-state index contributed by atoms with van der Waals surface area (Å²) in [7, 11) is 0.102. The second-order valence-corrected chi connectivity index (χ2v) is 13.8. The number of alkyl halides is 3. The SMILES string of the molecule is Cc1cc(N2C(=O)CCC2CN(C)C)cc(C)c1C=CS(=O)(=O)N1CCC2(CC1)N=C(c1cccc(OC(F)(F)F)c1)NC2=O. The van der Waals surface area contributed by atoms with Gasteiger partial charge in [-0.15, -0.1) is 13.2 Å². The number of hydrogen-bond acceptors (Lipinski definition) is 7. The molecular formula is C31H36F3N5O5S. The van der Waals surface area contributed by atoms with Gasteiger partial charge >= 0.3 is 6.36 Å². The Balaban J connectivity index is 1.28. The number of likely N-dealkylation sites (N-methyl/N-ethyl adjacent to an activating group) is 1. The Kier molecular flexibility index (Phi) is 8.86. The number of rotatable bonds is 8. The lowest BCUT2D eigenvalue weighted by molar-refractivity contribution is -0.274. The van der Waals surface area contributed by atoms with Crippen molar-refractivity contribution in [3.8, 4) is 5.75 Å². The summed E-state index contributed by atoms with van der Waals surface area (Å²) < 4.78 is 69.9. The molecule has 1 N–H and O–H groups in total. The van der Waals surface area contributed by atoms with Gasteiger partial charge in [-0.2, -0.15) is 4.31 Å². The van der Waals surface area contributed by atoms with Crippen LogP contribution >= 0.6 is 0 Å².